The summed E-state index contributed by atoms with van der Waals surface area (Å²) in [6.45, 7) is 13.6. The molecule has 0 amide bonds. The highest BCUT2D eigenvalue weighted by Gasteiger charge is 2.20. The van der Waals surface area contributed by atoms with Crippen molar-refractivity contribution in [1.82, 2.24) is 4.98 Å². The lowest BCUT2D eigenvalue weighted by molar-refractivity contribution is 0.590. The van der Waals surface area contributed by atoms with Crippen LogP contribution in [0.4, 0.5) is 5.69 Å². The predicted octanol–water partition coefficient (Wildman–Crippen LogP) is 9.47. The molecule has 1 heterocycles. The van der Waals surface area contributed by atoms with E-state index in [1.165, 1.54) is 38.1 Å². The summed E-state index contributed by atoms with van der Waals surface area (Å²) in [5.74, 6) is 0. The molecule has 0 radical (unpaired) electrons. The Hall–Kier alpha value is -3.43. The highest BCUT2D eigenvalue weighted by molar-refractivity contribution is 7.21. The van der Waals surface area contributed by atoms with Gasteiger partial charge in [0.25, 0.3) is 0 Å². The summed E-state index contributed by atoms with van der Waals surface area (Å²) in [4.78, 5) is 5.12. The van der Waals surface area contributed by atoms with Crippen LogP contribution in [-0.4, -0.2) is 4.98 Å². The van der Waals surface area contributed by atoms with Crippen LogP contribution in [0.2, 0.25) is 0 Å². The number of nitrogens with zero attached hydrogens (tertiary/aromatic N) is 1. The number of nitrogens with two attached hydrogens (primary N) is 1. The zero-order chi connectivity index (χ0) is 25.7. The van der Waals surface area contributed by atoms with Crippen molar-refractivity contribution in [1.29, 1.82) is 0 Å². The molecule has 0 saturated heterocycles. The maximum Gasteiger partial charge on any atom is 0.126 e. The van der Waals surface area contributed by atoms with Crippen molar-refractivity contribution in [3.8, 4) is 32.8 Å². The van der Waals surface area contributed by atoms with Gasteiger partial charge in [-0.1, -0.05) is 96.1 Å². The topological polar surface area (TPSA) is 38.9 Å². The van der Waals surface area contributed by atoms with Crippen LogP contribution in [0, 0.1) is 0 Å². The second-order valence-electron chi connectivity index (χ2n) is 11.6. The molecule has 36 heavy (non-hydrogen) atoms. The van der Waals surface area contributed by atoms with E-state index in [0.717, 1.165) is 21.8 Å². The van der Waals surface area contributed by atoms with Crippen LogP contribution in [0.3, 0.4) is 0 Å². The van der Waals surface area contributed by atoms with Crippen molar-refractivity contribution in [3.05, 3.63) is 96.1 Å². The first-order valence-electron chi connectivity index (χ1n) is 12.5. The van der Waals surface area contributed by atoms with Gasteiger partial charge in [-0.25, -0.2) is 4.98 Å². The fourth-order valence-corrected chi connectivity index (χ4v) is 5.60. The fourth-order valence-electron chi connectivity index (χ4n) is 4.52. The number of rotatable bonds is 3. The van der Waals surface area contributed by atoms with E-state index >= 15 is 0 Å². The SMILES string of the molecule is CC(C)(C)c1ccc(-c2cccc(-c3cc(C(C)(C)C)cc4sc(-c5ccccc5N)nc34)c2)cc1. The Morgan fingerprint density at radius 1 is 0.611 bits per heavy atom. The first kappa shape index (κ1) is 24.3. The molecule has 0 bridgehead atoms. The number of para-hydroxylation sites is 1. The van der Waals surface area contributed by atoms with E-state index in [9.17, 15) is 0 Å². The summed E-state index contributed by atoms with van der Waals surface area (Å²) in [6, 6.07) is 30.4. The fraction of sp³-hybridized carbons (Fsp3) is 0.242. The summed E-state index contributed by atoms with van der Waals surface area (Å²) >= 11 is 1.72. The van der Waals surface area contributed by atoms with Gasteiger partial charge in [-0.2, -0.15) is 0 Å². The van der Waals surface area contributed by atoms with Gasteiger partial charge in [-0.15, -0.1) is 11.3 Å². The van der Waals surface area contributed by atoms with Gasteiger partial charge in [-0.05, 0) is 69.0 Å². The number of benzene rings is 4. The zero-order valence-electron chi connectivity index (χ0n) is 22.0. The van der Waals surface area contributed by atoms with Crippen LogP contribution in [0.15, 0.2) is 84.9 Å². The van der Waals surface area contributed by atoms with Crippen molar-refractivity contribution in [2.75, 3.05) is 5.73 Å². The summed E-state index contributed by atoms with van der Waals surface area (Å²) in [7, 11) is 0. The van der Waals surface area contributed by atoms with E-state index in [4.69, 9.17) is 10.7 Å². The Labute approximate surface area is 218 Å². The minimum Gasteiger partial charge on any atom is -0.398 e. The minimum absolute atomic E-state index is 0.0270. The minimum atomic E-state index is 0.0270. The van der Waals surface area contributed by atoms with Crippen LogP contribution in [0.1, 0.15) is 52.7 Å². The standard InChI is InChI=1S/C33H34N2S/c1-32(2,3)24-16-14-21(15-17-24)22-10-9-11-23(18-22)27-19-25(33(4,5)6)20-29-30(27)35-31(36-29)26-12-7-8-13-28(26)34/h7-20H,34H2,1-6H3. The Morgan fingerprint density at radius 2 is 1.28 bits per heavy atom. The van der Waals surface area contributed by atoms with Crippen LogP contribution in [0.5, 0.6) is 0 Å². The van der Waals surface area contributed by atoms with Crippen LogP contribution < -0.4 is 5.73 Å². The lowest BCUT2D eigenvalue weighted by atomic mass is 9.84. The Balaban J connectivity index is 1.66. The van der Waals surface area contributed by atoms with Crippen LogP contribution >= 0.6 is 11.3 Å². The van der Waals surface area contributed by atoms with Crippen LogP contribution in [0.25, 0.3) is 43.0 Å². The molecule has 182 valence electrons. The molecule has 0 unspecified atom stereocenters. The molecule has 4 aromatic carbocycles. The predicted molar refractivity (Wildman–Crippen MR) is 158 cm³/mol. The highest BCUT2D eigenvalue weighted by Crippen LogP contribution is 2.41. The van der Waals surface area contributed by atoms with E-state index in [-0.39, 0.29) is 10.8 Å². The first-order valence-corrected chi connectivity index (χ1v) is 13.3. The normalized spacial score (nSPS) is 12.3. The van der Waals surface area contributed by atoms with Crippen molar-refractivity contribution < 1.29 is 0 Å². The van der Waals surface area contributed by atoms with E-state index < -0.39 is 0 Å². The number of thiazole rings is 1. The Morgan fingerprint density at radius 3 is 1.94 bits per heavy atom. The number of hydrogen-bond acceptors (Lipinski definition) is 3. The third-order valence-corrected chi connectivity index (χ3v) is 7.85. The number of anilines is 1. The van der Waals surface area contributed by atoms with Crippen LogP contribution in [-0.2, 0) is 10.8 Å². The molecular formula is C33H34N2S. The average Bonchev–Trinajstić information content (AvgIpc) is 3.27. The molecule has 0 spiro atoms. The van der Waals surface area contributed by atoms with E-state index in [2.05, 4.69) is 108 Å². The van der Waals surface area contributed by atoms with Gasteiger partial charge < -0.3 is 5.73 Å². The smallest absolute Gasteiger partial charge is 0.126 e. The molecule has 2 N–H and O–H groups in total. The largest absolute Gasteiger partial charge is 0.398 e. The molecule has 1 aromatic heterocycles. The highest BCUT2D eigenvalue weighted by atomic mass is 32.1. The van der Waals surface area contributed by atoms with Crippen molar-refractivity contribution in [2.45, 2.75) is 52.4 Å². The monoisotopic (exact) mass is 490 g/mol. The van der Waals surface area contributed by atoms with E-state index in [1.54, 1.807) is 11.3 Å². The number of nitrogen functional groups attached to an aromatic ring is 1. The second kappa shape index (κ2) is 8.90. The first-order chi connectivity index (χ1) is 17.0. The van der Waals surface area contributed by atoms with E-state index in [1.807, 2.05) is 18.2 Å². The van der Waals surface area contributed by atoms with Gasteiger partial charge >= 0.3 is 0 Å². The molecule has 5 aromatic rings. The van der Waals surface area contributed by atoms with Gasteiger partial charge in [0.05, 0.1) is 10.2 Å². The zero-order valence-corrected chi connectivity index (χ0v) is 22.8. The van der Waals surface area contributed by atoms with Crippen molar-refractivity contribution >= 4 is 27.2 Å². The molecule has 0 fully saturated rings. The maximum absolute atomic E-state index is 6.31. The molecule has 5 rings (SSSR count). The van der Waals surface area contributed by atoms with Gasteiger partial charge in [0.2, 0.25) is 0 Å². The molecular weight excluding hydrogens is 456 g/mol. The summed E-state index contributed by atoms with van der Waals surface area (Å²) in [5.41, 5.74) is 16.7. The molecule has 0 saturated carbocycles. The lowest BCUT2D eigenvalue weighted by Crippen LogP contribution is -2.11. The molecule has 2 nitrogen and oxygen atoms in total. The van der Waals surface area contributed by atoms with Crippen molar-refractivity contribution in [2.24, 2.45) is 0 Å². The quantitative estimate of drug-likeness (QED) is 0.256. The van der Waals surface area contributed by atoms with Gasteiger partial charge in [0, 0.05) is 16.8 Å². The number of fused-ring (bicyclic) bond motifs is 1. The van der Waals surface area contributed by atoms with Gasteiger partial charge in [0.1, 0.15) is 5.01 Å². The maximum atomic E-state index is 6.31. The van der Waals surface area contributed by atoms with Crippen molar-refractivity contribution in [3.63, 3.8) is 0 Å². The molecule has 0 aliphatic heterocycles. The van der Waals surface area contributed by atoms with E-state index in [0.29, 0.717) is 0 Å². The molecule has 3 heteroatoms. The number of hydrogen-bond donors (Lipinski definition) is 1. The molecule has 0 aliphatic rings. The van der Waals surface area contributed by atoms with Gasteiger partial charge in [0.15, 0.2) is 0 Å². The average molecular weight is 491 g/mol. The second-order valence-corrected chi connectivity index (χ2v) is 12.7. The third kappa shape index (κ3) is 4.68. The molecule has 0 atom stereocenters. The third-order valence-electron chi connectivity index (χ3n) is 6.81. The Bertz CT molecular complexity index is 1540. The number of aromatic nitrogens is 1. The van der Waals surface area contributed by atoms with Gasteiger partial charge in [-0.3, -0.25) is 0 Å². The summed E-state index contributed by atoms with van der Waals surface area (Å²) in [5, 5.41) is 0.962. The summed E-state index contributed by atoms with van der Waals surface area (Å²) < 4.78 is 1.19. The molecule has 0 aliphatic carbocycles. The lowest BCUT2D eigenvalue weighted by Gasteiger charge is -2.20. The summed E-state index contributed by atoms with van der Waals surface area (Å²) in [6.07, 6.45) is 0. The Kier molecular flexibility index (Phi) is 6.00.